The number of hydrogen-bond donors (Lipinski definition) is 1. The lowest BCUT2D eigenvalue weighted by atomic mass is 9.93. The molecule has 0 aromatic heterocycles. The Kier molecular flexibility index (Phi) is 3.58. The number of piperazine rings is 1. The van der Waals surface area contributed by atoms with E-state index in [0.717, 1.165) is 31.9 Å². The molecule has 0 amide bonds. The summed E-state index contributed by atoms with van der Waals surface area (Å²) in [5.41, 5.74) is 3.90. The number of benzene rings is 2. The standard InChI is InChI=1S/C18H21N3O/c19-21-11-9-20(10-12-21)18-15-6-2-1-5-14(15)13-22-17-8-4-3-7-16(17)18/h1-8,18H,9-13,19H2. The summed E-state index contributed by atoms with van der Waals surface area (Å²) in [6.07, 6.45) is 0. The number of ether oxygens (including phenoxy) is 1. The maximum atomic E-state index is 6.06. The summed E-state index contributed by atoms with van der Waals surface area (Å²) in [6.45, 7) is 4.40. The number of para-hydroxylation sites is 1. The fourth-order valence-corrected chi connectivity index (χ4v) is 3.48. The van der Waals surface area contributed by atoms with Crippen LogP contribution in [0, 0.1) is 0 Å². The third kappa shape index (κ3) is 2.39. The minimum atomic E-state index is 0.253. The van der Waals surface area contributed by atoms with Crippen molar-refractivity contribution in [2.24, 2.45) is 5.84 Å². The van der Waals surface area contributed by atoms with E-state index in [2.05, 4.69) is 47.4 Å². The van der Waals surface area contributed by atoms with Gasteiger partial charge in [-0.05, 0) is 17.2 Å². The van der Waals surface area contributed by atoms with Gasteiger partial charge in [0.15, 0.2) is 0 Å². The van der Waals surface area contributed by atoms with Gasteiger partial charge >= 0.3 is 0 Å². The van der Waals surface area contributed by atoms with Gasteiger partial charge in [-0.1, -0.05) is 42.5 Å². The summed E-state index contributed by atoms with van der Waals surface area (Å²) in [5, 5.41) is 1.90. The Morgan fingerprint density at radius 1 is 0.864 bits per heavy atom. The zero-order valence-electron chi connectivity index (χ0n) is 12.6. The molecule has 2 aliphatic rings. The molecule has 1 unspecified atom stereocenters. The van der Waals surface area contributed by atoms with E-state index in [4.69, 9.17) is 10.6 Å². The molecule has 2 heterocycles. The van der Waals surface area contributed by atoms with E-state index < -0.39 is 0 Å². The van der Waals surface area contributed by atoms with Crippen molar-refractivity contribution >= 4 is 0 Å². The molecule has 4 nitrogen and oxygen atoms in total. The van der Waals surface area contributed by atoms with Crippen LogP contribution in [0.15, 0.2) is 48.5 Å². The number of rotatable bonds is 1. The molecule has 1 atom stereocenters. The second kappa shape index (κ2) is 5.72. The van der Waals surface area contributed by atoms with Crippen molar-refractivity contribution < 1.29 is 4.74 Å². The van der Waals surface area contributed by atoms with Crippen molar-refractivity contribution in [1.82, 2.24) is 9.91 Å². The Bertz CT molecular complexity index is 617. The molecule has 2 N–H and O–H groups in total. The van der Waals surface area contributed by atoms with Crippen molar-refractivity contribution in [2.45, 2.75) is 12.6 Å². The van der Waals surface area contributed by atoms with Crippen LogP contribution in [0.3, 0.4) is 0 Å². The van der Waals surface area contributed by atoms with Gasteiger partial charge in [-0.3, -0.25) is 10.7 Å². The molecule has 22 heavy (non-hydrogen) atoms. The molecule has 2 aliphatic heterocycles. The van der Waals surface area contributed by atoms with Gasteiger partial charge in [0.2, 0.25) is 0 Å². The monoisotopic (exact) mass is 295 g/mol. The van der Waals surface area contributed by atoms with Crippen LogP contribution in [-0.4, -0.2) is 36.1 Å². The van der Waals surface area contributed by atoms with Gasteiger partial charge < -0.3 is 4.74 Å². The zero-order chi connectivity index (χ0) is 14.9. The molecule has 1 fully saturated rings. The van der Waals surface area contributed by atoms with Crippen LogP contribution in [0.1, 0.15) is 22.7 Å². The lowest BCUT2D eigenvalue weighted by Gasteiger charge is -2.38. The molecule has 0 spiro atoms. The highest BCUT2D eigenvalue weighted by Gasteiger charge is 2.30. The minimum absolute atomic E-state index is 0.253. The van der Waals surface area contributed by atoms with Crippen LogP contribution in [0.4, 0.5) is 0 Å². The van der Waals surface area contributed by atoms with Gasteiger partial charge in [0, 0.05) is 31.7 Å². The number of hydrazine groups is 1. The van der Waals surface area contributed by atoms with E-state index in [-0.39, 0.29) is 6.04 Å². The minimum Gasteiger partial charge on any atom is -0.489 e. The molecular weight excluding hydrogens is 274 g/mol. The molecule has 114 valence electrons. The van der Waals surface area contributed by atoms with Crippen LogP contribution in [0.5, 0.6) is 5.75 Å². The third-order valence-corrected chi connectivity index (χ3v) is 4.66. The van der Waals surface area contributed by atoms with Crippen LogP contribution >= 0.6 is 0 Å². The Balaban J connectivity index is 1.80. The van der Waals surface area contributed by atoms with Crippen molar-refractivity contribution in [1.29, 1.82) is 0 Å². The SMILES string of the molecule is NN1CCN(C2c3ccccc3COc3ccccc32)CC1. The molecular formula is C18H21N3O. The number of nitrogens with zero attached hydrogens (tertiary/aromatic N) is 2. The molecule has 0 saturated carbocycles. The van der Waals surface area contributed by atoms with Crippen LogP contribution in [0.25, 0.3) is 0 Å². The van der Waals surface area contributed by atoms with Gasteiger partial charge in [0.1, 0.15) is 12.4 Å². The van der Waals surface area contributed by atoms with E-state index >= 15 is 0 Å². The van der Waals surface area contributed by atoms with Crippen LogP contribution in [0.2, 0.25) is 0 Å². The summed E-state index contributed by atoms with van der Waals surface area (Å²) in [6, 6.07) is 17.3. The highest BCUT2D eigenvalue weighted by atomic mass is 16.5. The Morgan fingerprint density at radius 3 is 2.36 bits per heavy atom. The largest absolute Gasteiger partial charge is 0.489 e. The van der Waals surface area contributed by atoms with E-state index in [1.165, 1.54) is 16.7 Å². The summed E-state index contributed by atoms with van der Waals surface area (Å²) in [5.74, 6) is 6.93. The highest BCUT2D eigenvalue weighted by Crippen LogP contribution is 2.39. The number of hydrogen-bond acceptors (Lipinski definition) is 4. The maximum Gasteiger partial charge on any atom is 0.124 e. The van der Waals surface area contributed by atoms with Gasteiger partial charge in [-0.15, -0.1) is 0 Å². The Morgan fingerprint density at radius 2 is 1.55 bits per heavy atom. The van der Waals surface area contributed by atoms with Crippen molar-refractivity contribution in [3.05, 3.63) is 65.2 Å². The average molecular weight is 295 g/mol. The van der Waals surface area contributed by atoms with Crippen molar-refractivity contribution in [3.8, 4) is 5.75 Å². The van der Waals surface area contributed by atoms with Gasteiger partial charge in [0.25, 0.3) is 0 Å². The van der Waals surface area contributed by atoms with Crippen LogP contribution < -0.4 is 10.6 Å². The average Bonchev–Trinajstić information content (AvgIpc) is 2.73. The lowest BCUT2D eigenvalue weighted by Crippen LogP contribution is -2.50. The van der Waals surface area contributed by atoms with E-state index in [1.54, 1.807) is 0 Å². The summed E-state index contributed by atoms with van der Waals surface area (Å²) in [7, 11) is 0. The number of fused-ring (bicyclic) bond motifs is 2. The lowest BCUT2D eigenvalue weighted by molar-refractivity contribution is 0.110. The van der Waals surface area contributed by atoms with E-state index in [1.807, 2.05) is 11.1 Å². The molecule has 0 aliphatic carbocycles. The van der Waals surface area contributed by atoms with E-state index in [0.29, 0.717) is 6.61 Å². The van der Waals surface area contributed by atoms with E-state index in [9.17, 15) is 0 Å². The number of nitrogens with two attached hydrogens (primary N) is 1. The second-order valence-electron chi connectivity index (χ2n) is 6.00. The Hall–Kier alpha value is -1.88. The maximum absolute atomic E-state index is 6.06. The fourth-order valence-electron chi connectivity index (χ4n) is 3.48. The Labute approximate surface area is 131 Å². The van der Waals surface area contributed by atoms with Gasteiger partial charge in [-0.2, -0.15) is 0 Å². The first kappa shape index (κ1) is 13.8. The predicted octanol–water partition coefficient (Wildman–Crippen LogP) is 2.16. The fraction of sp³-hybridized carbons (Fsp3) is 0.333. The van der Waals surface area contributed by atoms with Crippen LogP contribution in [-0.2, 0) is 6.61 Å². The molecule has 4 rings (SSSR count). The third-order valence-electron chi connectivity index (χ3n) is 4.66. The van der Waals surface area contributed by atoms with Crippen molar-refractivity contribution in [2.75, 3.05) is 26.2 Å². The summed E-state index contributed by atoms with van der Waals surface area (Å²) in [4.78, 5) is 2.52. The molecule has 4 heteroatoms. The first-order valence-electron chi connectivity index (χ1n) is 7.86. The quantitative estimate of drug-likeness (QED) is 0.819. The summed E-state index contributed by atoms with van der Waals surface area (Å²) >= 11 is 0. The smallest absolute Gasteiger partial charge is 0.124 e. The molecule has 0 radical (unpaired) electrons. The second-order valence-corrected chi connectivity index (χ2v) is 6.00. The first-order chi connectivity index (χ1) is 10.8. The molecule has 2 aromatic rings. The van der Waals surface area contributed by atoms with Gasteiger partial charge in [0.05, 0.1) is 6.04 Å². The topological polar surface area (TPSA) is 41.7 Å². The zero-order valence-corrected chi connectivity index (χ0v) is 12.6. The first-order valence-corrected chi connectivity index (χ1v) is 7.86. The molecule has 1 saturated heterocycles. The summed E-state index contributed by atoms with van der Waals surface area (Å²) < 4.78 is 6.06. The van der Waals surface area contributed by atoms with Gasteiger partial charge in [-0.25, -0.2) is 5.01 Å². The predicted molar refractivity (Wildman–Crippen MR) is 86.4 cm³/mol. The normalized spacial score (nSPS) is 22.3. The highest BCUT2D eigenvalue weighted by molar-refractivity contribution is 5.46. The van der Waals surface area contributed by atoms with Crippen molar-refractivity contribution in [3.63, 3.8) is 0 Å². The molecule has 2 aromatic carbocycles. The molecule has 0 bridgehead atoms.